The molecule has 33 heavy (non-hydrogen) atoms. The summed E-state index contributed by atoms with van der Waals surface area (Å²) in [7, 11) is 0. The van der Waals surface area contributed by atoms with Crippen LogP contribution in [-0.4, -0.2) is 77.6 Å². The fraction of sp³-hybridized carbons (Fsp3) is 0.522. The predicted octanol–water partition coefficient (Wildman–Crippen LogP) is -0.136. The van der Waals surface area contributed by atoms with Crippen molar-refractivity contribution in [3.05, 3.63) is 29.3 Å². The van der Waals surface area contributed by atoms with Crippen LogP contribution in [0.5, 0.6) is 0 Å². The van der Waals surface area contributed by atoms with Crippen molar-refractivity contribution >= 4 is 35.2 Å². The zero-order valence-electron chi connectivity index (χ0n) is 18.3. The van der Waals surface area contributed by atoms with E-state index < -0.39 is 29.7 Å². The Morgan fingerprint density at radius 3 is 2.39 bits per heavy atom. The van der Waals surface area contributed by atoms with E-state index in [1.165, 1.54) is 0 Å². The minimum Gasteiger partial charge on any atom is -0.371 e. The van der Waals surface area contributed by atoms with Crippen LogP contribution in [0.2, 0.25) is 0 Å². The third-order valence-electron chi connectivity index (χ3n) is 7.10. The van der Waals surface area contributed by atoms with Crippen molar-refractivity contribution < 1.29 is 24.0 Å². The molecule has 5 amide bonds. The van der Waals surface area contributed by atoms with E-state index in [4.69, 9.17) is 5.73 Å². The molecular formula is C23H27N5O5. The number of likely N-dealkylation sites (tertiary alicyclic amines) is 1. The first kappa shape index (κ1) is 21.6. The van der Waals surface area contributed by atoms with Gasteiger partial charge in [-0.2, -0.15) is 0 Å². The molecule has 0 saturated carbocycles. The van der Waals surface area contributed by atoms with E-state index in [-0.39, 0.29) is 41.8 Å². The molecule has 0 spiro atoms. The molecule has 1 aromatic carbocycles. The van der Waals surface area contributed by atoms with Crippen molar-refractivity contribution in [2.45, 2.75) is 44.2 Å². The number of nitrogens with two attached hydrogens (primary N) is 1. The Balaban J connectivity index is 1.21. The van der Waals surface area contributed by atoms with Gasteiger partial charge in [-0.15, -0.1) is 0 Å². The van der Waals surface area contributed by atoms with E-state index in [1.54, 1.807) is 18.2 Å². The molecule has 4 aliphatic rings. The maximum Gasteiger partial charge on any atom is 0.262 e. The number of benzene rings is 1. The Labute approximate surface area is 191 Å². The summed E-state index contributed by atoms with van der Waals surface area (Å²) < 4.78 is 0. The summed E-state index contributed by atoms with van der Waals surface area (Å²) >= 11 is 0. The van der Waals surface area contributed by atoms with E-state index in [0.717, 1.165) is 36.5 Å². The third-order valence-corrected chi connectivity index (χ3v) is 7.10. The largest absolute Gasteiger partial charge is 0.371 e. The Hall–Kier alpha value is -3.27. The van der Waals surface area contributed by atoms with Crippen molar-refractivity contribution in [2.75, 3.05) is 31.1 Å². The van der Waals surface area contributed by atoms with Gasteiger partial charge in [0.25, 0.3) is 11.8 Å². The lowest BCUT2D eigenvalue weighted by atomic mass is 9.93. The van der Waals surface area contributed by atoms with Gasteiger partial charge >= 0.3 is 0 Å². The van der Waals surface area contributed by atoms with Gasteiger partial charge in [-0.05, 0) is 37.5 Å². The molecular weight excluding hydrogens is 426 g/mol. The van der Waals surface area contributed by atoms with Crippen LogP contribution in [0.15, 0.2) is 18.2 Å². The molecule has 1 aromatic rings. The average molecular weight is 453 g/mol. The number of imide groups is 2. The lowest BCUT2D eigenvalue weighted by molar-refractivity contribution is -0.136. The van der Waals surface area contributed by atoms with Crippen LogP contribution in [0.4, 0.5) is 5.69 Å². The van der Waals surface area contributed by atoms with Crippen molar-refractivity contribution in [3.8, 4) is 0 Å². The Bertz CT molecular complexity index is 1040. The average Bonchev–Trinajstić information content (AvgIpc) is 3.01. The highest BCUT2D eigenvalue weighted by molar-refractivity contribution is 6.23. The Morgan fingerprint density at radius 1 is 1.00 bits per heavy atom. The van der Waals surface area contributed by atoms with Gasteiger partial charge in [0.15, 0.2) is 0 Å². The molecule has 4 heterocycles. The zero-order chi connectivity index (χ0) is 23.3. The number of carbonyl (C=O) groups is 5. The molecule has 1 atom stereocenters. The van der Waals surface area contributed by atoms with E-state index in [9.17, 15) is 24.0 Å². The number of hydrogen-bond acceptors (Lipinski definition) is 7. The molecule has 4 aliphatic heterocycles. The Kier molecular flexibility index (Phi) is 5.40. The highest BCUT2D eigenvalue weighted by Crippen LogP contribution is 2.33. The van der Waals surface area contributed by atoms with Crippen LogP contribution in [0, 0.1) is 5.92 Å². The summed E-state index contributed by atoms with van der Waals surface area (Å²) in [6.45, 7) is 2.86. The summed E-state index contributed by atoms with van der Waals surface area (Å²) in [4.78, 5) is 66.9. The summed E-state index contributed by atoms with van der Waals surface area (Å²) in [6, 6.07) is 4.32. The molecule has 0 aliphatic carbocycles. The number of rotatable bonds is 4. The van der Waals surface area contributed by atoms with Gasteiger partial charge in [-0.1, -0.05) is 0 Å². The quantitative estimate of drug-likeness (QED) is 0.607. The zero-order valence-corrected chi connectivity index (χ0v) is 18.3. The van der Waals surface area contributed by atoms with Crippen molar-refractivity contribution in [1.29, 1.82) is 0 Å². The standard InChI is InChI=1S/C23H27N5O5/c24-14-5-7-26(8-6-14)20(30)9-13-11-27(12-13)15-1-2-16-17(10-15)23(33)28(22(16)32)18-3-4-19(29)25-21(18)31/h1-2,10,13-14,18H,3-9,11-12,24H2,(H,25,29,31). The van der Waals surface area contributed by atoms with E-state index in [1.807, 2.05) is 4.90 Å². The molecule has 0 aromatic heterocycles. The summed E-state index contributed by atoms with van der Waals surface area (Å²) in [5.41, 5.74) is 7.26. The van der Waals surface area contributed by atoms with Crippen molar-refractivity contribution in [1.82, 2.24) is 15.1 Å². The van der Waals surface area contributed by atoms with Crippen LogP contribution in [0.1, 0.15) is 52.8 Å². The number of piperidine rings is 2. The lowest BCUT2D eigenvalue weighted by Crippen LogP contribution is -2.54. The predicted molar refractivity (Wildman–Crippen MR) is 117 cm³/mol. The highest BCUT2D eigenvalue weighted by atomic mass is 16.2. The molecule has 10 heteroatoms. The second kappa shape index (κ2) is 8.26. The SMILES string of the molecule is NC1CCN(C(=O)CC2CN(c3ccc4c(c3)C(=O)N(C3CCC(=O)NC3=O)C4=O)C2)CC1. The van der Waals surface area contributed by atoms with Crippen LogP contribution in [0.3, 0.4) is 0 Å². The normalized spacial score (nSPS) is 24.2. The molecule has 174 valence electrons. The van der Waals surface area contributed by atoms with Crippen LogP contribution < -0.4 is 16.0 Å². The summed E-state index contributed by atoms with van der Waals surface area (Å²) in [5, 5.41) is 2.20. The topological polar surface area (TPSA) is 133 Å². The van der Waals surface area contributed by atoms with Crippen LogP contribution >= 0.6 is 0 Å². The van der Waals surface area contributed by atoms with Gasteiger partial charge in [0.05, 0.1) is 11.1 Å². The molecule has 0 radical (unpaired) electrons. The molecule has 5 rings (SSSR count). The van der Waals surface area contributed by atoms with Gasteiger partial charge in [0, 0.05) is 56.7 Å². The van der Waals surface area contributed by atoms with Crippen LogP contribution in [-0.2, 0) is 14.4 Å². The minimum absolute atomic E-state index is 0.0905. The fourth-order valence-corrected chi connectivity index (χ4v) is 5.09. The van der Waals surface area contributed by atoms with Gasteiger partial charge < -0.3 is 15.5 Å². The number of hydrogen-bond donors (Lipinski definition) is 2. The fourth-order valence-electron chi connectivity index (χ4n) is 5.09. The van der Waals surface area contributed by atoms with Crippen molar-refractivity contribution in [3.63, 3.8) is 0 Å². The number of anilines is 1. The molecule has 3 N–H and O–H groups in total. The third kappa shape index (κ3) is 3.88. The van der Waals surface area contributed by atoms with Gasteiger partial charge in [0.1, 0.15) is 6.04 Å². The van der Waals surface area contributed by atoms with Gasteiger partial charge in [-0.3, -0.25) is 34.2 Å². The summed E-state index contributed by atoms with van der Waals surface area (Å²) in [5.74, 6) is -1.62. The number of nitrogens with zero attached hydrogens (tertiary/aromatic N) is 3. The van der Waals surface area contributed by atoms with E-state index in [2.05, 4.69) is 10.2 Å². The number of nitrogens with one attached hydrogen (secondary N) is 1. The second-order valence-electron chi connectivity index (χ2n) is 9.37. The maximum absolute atomic E-state index is 13.0. The summed E-state index contributed by atoms with van der Waals surface area (Å²) in [6.07, 6.45) is 2.42. The Morgan fingerprint density at radius 2 is 1.70 bits per heavy atom. The van der Waals surface area contributed by atoms with Gasteiger partial charge in [-0.25, -0.2) is 0 Å². The molecule has 0 bridgehead atoms. The maximum atomic E-state index is 13.0. The number of carbonyl (C=O) groups excluding carboxylic acids is 5. The lowest BCUT2D eigenvalue weighted by Gasteiger charge is -2.42. The van der Waals surface area contributed by atoms with Gasteiger partial charge in [0.2, 0.25) is 17.7 Å². The highest BCUT2D eigenvalue weighted by Gasteiger charge is 2.45. The molecule has 3 fully saturated rings. The molecule has 3 saturated heterocycles. The number of amides is 5. The van der Waals surface area contributed by atoms with E-state index in [0.29, 0.717) is 19.5 Å². The minimum atomic E-state index is -0.970. The van der Waals surface area contributed by atoms with Crippen LogP contribution in [0.25, 0.3) is 0 Å². The first-order chi connectivity index (χ1) is 15.8. The van der Waals surface area contributed by atoms with E-state index >= 15 is 0 Å². The number of fused-ring (bicyclic) bond motifs is 1. The molecule has 1 unspecified atom stereocenters. The first-order valence-corrected chi connectivity index (χ1v) is 11.5. The molecule has 10 nitrogen and oxygen atoms in total. The van der Waals surface area contributed by atoms with Crippen molar-refractivity contribution in [2.24, 2.45) is 11.7 Å². The smallest absolute Gasteiger partial charge is 0.262 e. The second-order valence-corrected chi connectivity index (χ2v) is 9.37. The first-order valence-electron chi connectivity index (χ1n) is 11.5. The monoisotopic (exact) mass is 453 g/mol.